The minimum atomic E-state index is -4.47. The SMILES string of the molecule is Cn1cc(S(=O)(=O)NC2COCC2O)c(F)c1C(=O)Nc1cc(F)c(F)c(F)c1. The Morgan fingerprint density at radius 3 is 2.34 bits per heavy atom. The number of nitrogens with zero attached hydrogens (tertiary/aromatic N) is 1. The fraction of sp³-hybridized carbons (Fsp3) is 0.312. The van der Waals surface area contributed by atoms with E-state index in [1.54, 1.807) is 0 Å². The molecule has 1 saturated heterocycles. The molecule has 2 aromatic rings. The number of aliphatic hydroxyl groups excluding tert-OH is 1. The zero-order chi connectivity index (χ0) is 21.5. The maximum atomic E-state index is 14.7. The van der Waals surface area contributed by atoms with Crippen LogP contribution in [0.1, 0.15) is 10.5 Å². The number of sulfonamides is 1. The van der Waals surface area contributed by atoms with Crippen molar-refractivity contribution in [2.75, 3.05) is 18.5 Å². The highest BCUT2D eigenvalue weighted by atomic mass is 32.2. The van der Waals surface area contributed by atoms with Crippen molar-refractivity contribution >= 4 is 21.6 Å². The molecular formula is C16H15F4N3O5S. The monoisotopic (exact) mass is 437 g/mol. The lowest BCUT2D eigenvalue weighted by Gasteiger charge is -2.14. The van der Waals surface area contributed by atoms with Gasteiger partial charge in [0.05, 0.1) is 25.4 Å². The van der Waals surface area contributed by atoms with Crippen LogP contribution in [0.15, 0.2) is 23.2 Å². The summed E-state index contributed by atoms with van der Waals surface area (Å²) in [6.07, 6.45) is -0.303. The first-order valence-electron chi connectivity index (χ1n) is 8.10. The molecule has 1 aromatic carbocycles. The molecule has 1 fully saturated rings. The van der Waals surface area contributed by atoms with Gasteiger partial charge in [0.1, 0.15) is 10.6 Å². The molecule has 13 heteroatoms. The van der Waals surface area contributed by atoms with Gasteiger partial charge in [0.2, 0.25) is 10.0 Å². The number of benzene rings is 1. The molecule has 29 heavy (non-hydrogen) atoms. The average Bonchev–Trinajstić information content (AvgIpc) is 3.15. The van der Waals surface area contributed by atoms with E-state index in [9.17, 15) is 35.9 Å². The first kappa shape index (κ1) is 21.2. The van der Waals surface area contributed by atoms with Crippen LogP contribution in [0.2, 0.25) is 0 Å². The van der Waals surface area contributed by atoms with Gasteiger partial charge < -0.3 is 19.7 Å². The maximum Gasteiger partial charge on any atom is 0.275 e. The number of hydrogen-bond acceptors (Lipinski definition) is 5. The van der Waals surface area contributed by atoms with Crippen molar-refractivity contribution in [2.45, 2.75) is 17.0 Å². The number of carbonyl (C=O) groups is 1. The minimum absolute atomic E-state index is 0.0943. The maximum absolute atomic E-state index is 14.7. The Labute approximate surface area is 162 Å². The van der Waals surface area contributed by atoms with Crippen LogP contribution < -0.4 is 10.0 Å². The summed E-state index contributed by atoms with van der Waals surface area (Å²) in [5.41, 5.74) is -1.25. The molecule has 158 valence electrons. The highest BCUT2D eigenvalue weighted by Crippen LogP contribution is 2.23. The number of amides is 1. The molecule has 8 nitrogen and oxygen atoms in total. The van der Waals surface area contributed by atoms with Crippen molar-refractivity contribution in [3.05, 3.63) is 47.3 Å². The summed E-state index contributed by atoms with van der Waals surface area (Å²) in [5.74, 6) is -7.53. The van der Waals surface area contributed by atoms with Gasteiger partial charge in [-0.3, -0.25) is 4.79 Å². The topological polar surface area (TPSA) is 110 Å². The van der Waals surface area contributed by atoms with Crippen molar-refractivity contribution in [3.8, 4) is 0 Å². The van der Waals surface area contributed by atoms with Crippen molar-refractivity contribution < 1.29 is 40.6 Å². The van der Waals surface area contributed by atoms with Crippen LogP contribution >= 0.6 is 0 Å². The van der Waals surface area contributed by atoms with E-state index < -0.39 is 67.6 Å². The van der Waals surface area contributed by atoms with E-state index in [0.717, 1.165) is 10.8 Å². The Morgan fingerprint density at radius 1 is 1.17 bits per heavy atom. The van der Waals surface area contributed by atoms with Gasteiger partial charge in [0.15, 0.2) is 23.3 Å². The number of aromatic nitrogens is 1. The highest BCUT2D eigenvalue weighted by molar-refractivity contribution is 7.89. The molecule has 3 rings (SSSR count). The summed E-state index contributed by atoms with van der Waals surface area (Å²) < 4.78 is 87.0. The summed E-state index contributed by atoms with van der Waals surface area (Å²) in [6.45, 7) is -0.215. The average molecular weight is 437 g/mol. The van der Waals surface area contributed by atoms with Crippen molar-refractivity contribution in [1.29, 1.82) is 0 Å². The van der Waals surface area contributed by atoms with Crippen molar-refractivity contribution in [1.82, 2.24) is 9.29 Å². The summed E-state index contributed by atoms with van der Waals surface area (Å²) in [7, 11) is -3.29. The molecule has 0 bridgehead atoms. The second kappa shape index (κ2) is 7.74. The Hall–Kier alpha value is -2.48. The fourth-order valence-electron chi connectivity index (χ4n) is 2.75. The van der Waals surface area contributed by atoms with Crippen LogP contribution in [0.3, 0.4) is 0 Å². The second-order valence-corrected chi connectivity index (χ2v) is 7.99. The summed E-state index contributed by atoms with van der Waals surface area (Å²) in [6, 6.07) is -0.0301. The van der Waals surface area contributed by atoms with Crippen LogP contribution in [0.25, 0.3) is 0 Å². The molecule has 0 aliphatic carbocycles. The molecule has 2 atom stereocenters. The molecule has 1 aliphatic rings. The predicted octanol–water partition coefficient (Wildman–Crippen LogP) is 0.872. The van der Waals surface area contributed by atoms with Crippen LogP contribution in [0.5, 0.6) is 0 Å². The summed E-state index contributed by atoms with van der Waals surface area (Å²) >= 11 is 0. The number of aryl methyl sites for hydroxylation is 1. The number of ether oxygens (including phenoxy) is 1. The Bertz CT molecular complexity index is 1050. The lowest BCUT2D eigenvalue weighted by molar-refractivity contribution is 0.101. The van der Waals surface area contributed by atoms with E-state index in [-0.39, 0.29) is 13.2 Å². The predicted molar refractivity (Wildman–Crippen MR) is 90.6 cm³/mol. The third-order valence-electron chi connectivity index (χ3n) is 4.19. The van der Waals surface area contributed by atoms with Gasteiger partial charge in [-0.05, 0) is 0 Å². The van der Waals surface area contributed by atoms with E-state index in [1.165, 1.54) is 7.05 Å². The number of carbonyl (C=O) groups excluding carboxylic acids is 1. The largest absolute Gasteiger partial charge is 0.389 e. The van der Waals surface area contributed by atoms with E-state index in [1.807, 2.05) is 5.32 Å². The third-order valence-corrected chi connectivity index (χ3v) is 5.67. The number of aliphatic hydroxyl groups is 1. The van der Waals surface area contributed by atoms with E-state index in [2.05, 4.69) is 4.72 Å². The highest BCUT2D eigenvalue weighted by Gasteiger charge is 2.34. The van der Waals surface area contributed by atoms with E-state index in [0.29, 0.717) is 12.1 Å². The Morgan fingerprint density at radius 2 is 1.79 bits per heavy atom. The summed E-state index contributed by atoms with van der Waals surface area (Å²) in [4.78, 5) is 11.4. The molecule has 3 N–H and O–H groups in total. The van der Waals surface area contributed by atoms with Crippen molar-refractivity contribution in [3.63, 3.8) is 0 Å². The normalized spacial score (nSPS) is 19.5. The van der Waals surface area contributed by atoms with Gasteiger partial charge in [-0.25, -0.2) is 30.7 Å². The molecule has 2 heterocycles. The van der Waals surface area contributed by atoms with Crippen molar-refractivity contribution in [2.24, 2.45) is 7.05 Å². The van der Waals surface area contributed by atoms with Crippen LogP contribution in [-0.4, -0.2) is 49.4 Å². The van der Waals surface area contributed by atoms with Gasteiger partial charge in [-0.2, -0.15) is 0 Å². The molecule has 1 aromatic heterocycles. The molecule has 1 amide bonds. The lowest BCUT2D eigenvalue weighted by Crippen LogP contribution is -2.42. The molecule has 0 saturated carbocycles. The molecule has 0 spiro atoms. The number of nitrogens with one attached hydrogen (secondary N) is 2. The molecular weight excluding hydrogens is 422 g/mol. The van der Waals surface area contributed by atoms with Crippen LogP contribution in [-0.2, 0) is 21.8 Å². The third kappa shape index (κ3) is 4.12. The first-order chi connectivity index (χ1) is 13.5. The van der Waals surface area contributed by atoms with Gasteiger partial charge >= 0.3 is 0 Å². The van der Waals surface area contributed by atoms with Gasteiger partial charge in [0, 0.05) is 31.1 Å². The quantitative estimate of drug-likeness (QED) is 0.475. The fourth-order valence-corrected chi connectivity index (χ4v) is 4.13. The molecule has 1 aliphatic heterocycles. The van der Waals surface area contributed by atoms with Crippen LogP contribution in [0.4, 0.5) is 23.2 Å². The summed E-state index contributed by atoms with van der Waals surface area (Å²) in [5, 5.41) is 11.6. The van der Waals surface area contributed by atoms with E-state index >= 15 is 0 Å². The number of hydrogen-bond donors (Lipinski definition) is 3. The van der Waals surface area contributed by atoms with Gasteiger partial charge in [-0.15, -0.1) is 0 Å². The molecule has 2 unspecified atom stereocenters. The van der Waals surface area contributed by atoms with Crippen LogP contribution in [0, 0.1) is 23.3 Å². The zero-order valence-corrected chi connectivity index (χ0v) is 15.6. The zero-order valence-electron chi connectivity index (χ0n) is 14.7. The molecule has 0 radical (unpaired) electrons. The Kier molecular flexibility index (Phi) is 5.67. The minimum Gasteiger partial charge on any atom is -0.389 e. The smallest absolute Gasteiger partial charge is 0.275 e. The first-order valence-corrected chi connectivity index (χ1v) is 9.58. The Balaban J connectivity index is 1.88. The second-order valence-electron chi connectivity index (χ2n) is 6.31. The van der Waals surface area contributed by atoms with E-state index in [4.69, 9.17) is 4.74 Å². The number of halogens is 4. The lowest BCUT2D eigenvalue weighted by atomic mass is 10.2. The number of rotatable bonds is 5. The number of anilines is 1. The van der Waals surface area contributed by atoms with Gasteiger partial charge in [0.25, 0.3) is 5.91 Å². The standard InChI is InChI=1S/C16H15F4N3O5S/c1-23-4-12(29(26,27)22-10-5-28-6-11(10)24)14(20)15(23)16(25)21-7-2-8(17)13(19)9(18)3-7/h2-4,10-11,22,24H,5-6H2,1H3,(H,21,25). The van der Waals surface area contributed by atoms with Gasteiger partial charge in [-0.1, -0.05) is 0 Å².